The number of rotatable bonds is 2. The van der Waals surface area contributed by atoms with Crippen molar-refractivity contribution in [3.63, 3.8) is 0 Å². The van der Waals surface area contributed by atoms with Crippen molar-refractivity contribution in [2.45, 2.75) is 6.92 Å². The Bertz CT molecular complexity index is 635. The molecule has 19 heavy (non-hydrogen) atoms. The van der Waals surface area contributed by atoms with Crippen LogP contribution in [0.1, 0.15) is 15.9 Å². The Morgan fingerprint density at radius 2 is 1.79 bits per heavy atom. The summed E-state index contributed by atoms with van der Waals surface area (Å²) in [6.07, 6.45) is 0. The smallest absolute Gasteiger partial charge is 0.340 e. The number of carbonyl (C=O) groups excluding carboxylic acids is 1. The molecule has 2 aromatic carbocycles. The van der Waals surface area contributed by atoms with Gasteiger partial charge in [0, 0.05) is 0 Å². The van der Waals surface area contributed by atoms with Gasteiger partial charge in [-0.25, -0.2) is 9.18 Å². The summed E-state index contributed by atoms with van der Waals surface area (Å²) in [6, 6.07) is 9.29. The first kappa shape index (κ1) is 13.1. The number of ether oxygens (including phenoxy) is 1. The van der Waals surface area contributed by atoms with Crippen molar-refractivity contribution in [1.29, 1.82) is 0 Å². The van der Waals surface area contributed by atoms with Gasteiger partial charge in [-0.15, -0.1) is 0 Å². The number of benzene rings is 2. The lowest BCUT2D eigenvalue weighted by atomic mass is 10.0. The summed E-state index contributed by atoms with van der Waals surface area (Å²) in [4.78, 5) is 11.4. The minimum atomic E-state index is -0.726. The molecule has 0 aliphatic carbocycles. The zero-order valence-electron chi connectivity index (χ0n) is 10.6. The van der Waals surface area contributed by atoms with E-state index >= 15 is 0 Å². The van der Waals surface area contributed by atoms with E-state index in [2.05, 4.69) is 4.74 Å². The number of halogens is 1. The Hall–Kier alpha value is -2.36. The summed E-state index contributed by atoms with van der Waals surface area (Å²) in [5.41, 5.74) is 1.96. The number of hydrogen-bond acceptors (Lipinski definition) is 3. The fourth-order valence-electron chi connectivity index (χ4n) is 1.76. The van der Waals surface area contributed by atoms with E-state index in [1.807, 2.05) is 0 Å². The van der Waals surface area contributed by atoms with Gasteiger partial charge in [-0.1, -0.05) is 18.2 Å². The van der Waals surface area contributed by atoms with Crippen LogP contribution in [0.15, 0.2) is 36.4 Å². The molecule has 2 rings (SSSR count). The third-order valence-corrected chi connectivity index (χ3v) is 2.91. The molecule has 0 aliphatic rings. The van der Waals surface area contributed by atoms with Crippen molar-refractivity contribution in [3.05, 3.63) is 53.3 Å². The highest BCUT2D eigenvalue weighted by atomic mass is 19.1. The summed E-state index contributed by atoms with van der Waals surface area (Å²) < 4.78 is 18.0. The van der Waals surface area contributed by atoms with Gasteiger partial charge in [0.2, 0.25) is 0 Å². The Labute approximate surface area is 110 Å². The molecule has 0 heterocycles. The average Bonchev–Trinajstić information content (AvgIpc) is 2.41. The van der Waals surface area contributed by atoms with Crippen LogP contribution in [0, 0.1) is 12.7 Å². The van der Waals surface area contributed by atoms with Crippen LogP contribution in [-0.4, -0.2) is 18.2 Å². The Kier molecular flexibility index (Phi) is 3.51. The zero-order valence-corrected chi connectivity index (χ0v) is 10.6. The molecule has 0 amide bonds. The Morgan fingerprint density at radius 3 is 2.42 bits per heavy atom. The highest BCUT2D eigenvalue weighted by Gasteiger charge is 2.13. The minimum absolute atomic E-state index is 0.125. The van der Waals surface area contributed by atoms with E-state index in [0.29, 0.717) is 11.1 Å². The molecule has 0 fully saturated rings. The van der Waals surface area contributed by atoms with Crippen LogP contribution in [0.25, 0.3) is 11.1 Å². The Morgan fingerprint density at radius 1 is 1.16 bits per heavy atom. The number of aryl methyl sites for hydroxylation is 1. The predicted molar refractivity (Wildman–Crippen MR) is 69.6 cm³/mol. The van der Waals surface area contributed by atoms with Gasteiger partial charge in [-0.05, 0) is 41.8 Å². The first-order chi connectivity index (χ1) is 9.02. The number of esters is 1. The number of phenolic OH excluding ortho intramolecular Hbond substituents is 1. The van der Waals surface area contributed by atoms with E-state index < -0.39 is 11.8 Å². The molecule has 0 unspecified atom stereocenters. The van der Waals surface area contributed by atoms with Crippen molar-refractivity contribution in [2.24, 2.45) is 0 Å². The molecule has 0 atom stereocenters. The first-order valence-electron chi connectivity index (χ1n) is 5.71. The van der Waals surface area contributed by atoms with Crippen molar-refractivity contribution < 1.29 is 19.0 Å². The number of methoxy groups -OCH3 is 1. The van der Waals surface area contributed by atoms with Gasteiger partial charge in [0.05, 0.1) is 12.7 Å². The highest BCUT2D eigenvalue weighted by Crippen LogP contribution is 2.27. The van der Waals surface area contributed by atoms with Gasteiger partial charge < -0.3 is 9.84 Å². The van der Waals surface area contributed by atoms with Crippen LogP contribution in [0.5, 0.6) is 5.75 Å². The molecule has 98 valence electrons. The normalized spacial score (nSPS) is 10.3. The van der Waals surface area contributed by atoms with Crippen molar-refractivity contribution in [2.75, 3.05) is 7.11 Å². The maximum atomic E-state index is 13.5. The standard InChI is InChI=1S/C15H13FO3/c1-9-3-4-11(8-14(9)17)10-5-6-13(16)12(7-10)15(18)19-2/h3-8,17H,1-2H3. The van der Waals surface area contributed by atoms with Crippen molar-refractivity contribution in [1.82, 2.24) is 0 Å². The van der Waals surface area contributed by atoms with E-state index in [0.717, 1.165) is 5.56 Å². The molecule has 0 bridgehead atoms. The summed E-state index contributed by atoms with van der Waals surface area (Å²) in [7, 11) is 1.20. The lowest BCUT2D eigenvalue weighted by Gasteiger charge is -2.07. The second kappa shape index (κ2) is 5.10. The van der Waals surface area contributed by atoms with Gasteiger partial charge in [0.15, 0.2) is 0 Å². The van der Waals surface area contributed by atoms with E-state index in [9.17, 15) is 14.3 Å². The van der Waals surface area contributed by atoms with Gasteiger partial charge in [-0.3, -0.25) is 0 Å². The van der Waals surface area contributed by atoms with Gasteiger partial charge in [-0.2, -0.15) is 0 Å². The lowest BCUT2D eigenvalue weighted by molar-refractivity contribution is 0.0595. The van der Waals surface area contributed by atoms with E-state index in [1.54, 1.807) is 31.2 Å². The molecule has 0 saturated carbocycles. The predicted octanol–water partition coefficient (Wildman–Crippen LogP) is 3.29. The molecule has 1 N–H and O–H groups in total. The second-order valence-corrected chi connectivity index (χ2v) is 4.19. The SMILES string of the molecule is COC(=O)c1cc(-c2ccc(C)c(O)c2)ccc1F. The van der Waals surface area contributed by atoms with E-state index in [4.69, 9.17) is 0 Å². The quantitative estimate of drug-likeness (QED) is 0.843. The molecule has 0 saturated heterocycles. The monoisotopic (exact) mass is 260 g/mol. The van der Waals surface area contributed by atoms with Gasteiger partial charge in [0.1, 0.15) is 11.6 Å². The van der Waals surface area contributed by atoms with Gasteiger partial charge >= 0.3 is 5.97 Å². The van der Waals surface area contributed by atoms with Crippen molar-refractivity contribution in [3.8, 4) is 16.9 Å². The maximum absolute atomic E-state index is 13.5. The van der Waals surface area contributed by atoms with Crippen LogP contribution in [-0.2, 0) is 4.74 Å². The fourth-order valence-corrected chi connectivity index (χ4v) is 1.76. The molecule has 0 aromatic heterocycles. The summed E-state index contributed by atoms with van der Waals surface area (Å²) >= 11 is 0. The van der Waals surface area contributed by atoms with Crippen LogP contribution < -0.4 is 0 Å². The van der Waals surface area contributed by atoms with Crippen LogP contribution in [0.3, 0.4) is 0 Å². The summed E-state index contributed by atoms with van der Waals surface area (Å²) in [5, 5.41) is 9.67. The lowest BCUT2D eigenvalue weighted by Crippen LogP contribution is -2.04. The number of aromatic hydroxyl groups is 1. The van der Waals surface area contributed by atoms with E-state index in [-0.39, 0.29) is 11.3 Å². The first-order valence-corrected chi connectivity index (χ1v) is 5.71. The topological polar surface area (TPSA) is 46.5 Å². The Balaban J connectivity index is 2.51. The van der Waals surface area contributed by atoms with Crippen LogP contribution in [0.2, 0.25) is 0 Å². The molecule has 4 heteroatoms. The molecular formula is C15H13FO3. The number of phenols is 1. The highest BCUT2D eigenvalue weighted by molar-refractivity contribution is 5.91. The third kappa shape index (κ3) is 2.57. The largest absolute Gasteiger partial charge is 0.508 e. The third-order valence-electron chi connectivity index (χ3n) is 2.91. The van der Waals surface area contributed by atoms with Crippen molar-refractivity contribution >= 4 is 5.97 Å². The zero-order chi connectivity index (χ0) is 14.0. The summed E-state index contributed by atoms with van der Waals surface area (Å²) in [6.45, 7) is 1.78. The maximum Gasteiger partial charge on any atom is 0.340 e. The molecule has 3 nitrogen and oxygen atoms in total. The average molecular weight is 260 g/mol. The number of hydrogen-bond donors (Lipinski definition) is 1. The second-order valence-electron chi connectivity index (χ2n) is 4.19. The molecule has 0 aliphatic heterocycles. The molecule has 2 aromatic rings. The minimum Gasteiger partial charge on any atom is -0.508 e. The summed E-state index contributed by atoms with van der Waals surface area (Å²) in [5.74, 6) is -1.20. The number of carbonyl (C=O) groups is 1. The molecular weight excluding hydrogens is 247 g/mol. The van der Waals surface area contributed by atoms with Crippen LogP contribution in [0.4, 0.5) is 4.39 Å². The molecule has 0 spiro atoms. The van der Waals surface area contributed by atoms with Crippen LogP contribution >= 0.6 is 0 Å². The fraction of sp³-hybridized carbons (Fsp3) is 0.133. The van der Waals surface area contributed by atoms with Gasteiger partial charge in [0.25, 0.3) is 0 Å². The molecule has 0 radical (unpaired) electrons. The van der Waals surface area contributed by atoms with E-state index in [1.165, 1.54) is 19.2 Å².